The molecule has 1 aromatic carbocycles. The normalized spacial score (nSPS) is 19.4. The van der Waals surface area contributed by atoms with E-state index in [1.807, 2.05) is 0 Å². The third kappa shape index (κ3) is 3.14. The van der Waals surface area contributed by atoms with Crippen LogP contribution in [0.3, 0.4) is 0 Å². The van der Waals surface area contributed by atoms with Crippen molar-refractivity contribution in [1.82, 2.24) is 9.88 Å². The molecule has 4 rings (SSSR count). The molecule has 1 amide bonds. The molecule has 2 fully saturated rings. The molecule has 24 heavy (non-hydrogen) atoms. The van der Waals surface area contributed by atoms with Gasteiger partial charge in [0.05, 0.1) is 10.2 Å². The predicted molar refractivity (Wildman–Crippen MR) is 102 cm³/mol. The number of nitrogens with zero attached hydrogens (tertiary/aromatic N) is 3. The summed E-state index contributed by atoms with van der Waals surface area (Å²) in [5.41, 5.74) is 1.08. The third-order valence-corrected chi connectivity index (χ3v) is 6.95. The SMILES string of the molecule is CSc1ccc2nc(N3CCN(C(=O)C4CCCC4)CC3)sc2c1. The Morgan fingerprint density at radius 1 is 1.21 bits per heavy atom. The summed E-state index contributed by atoms with van der Waals surface area (Å²) >= 11 is 3.53. The molecule has 0 bridgehead atoms. The maximum absolute atomic E-state index is 12.5. The summed E-state index contributed by atoms with van der Waals surface area (Å²) < 4.78 is 1.25. The minimum absolute atomic E-state index is 0.295. The number of carbonyl (C=O) groups is 1. The summed E-state index contributed by atoms with van der Waals surface area (Å²) in [7, 11) is 0. The number of thioether (sulfide) groups is 1. The number of benzene rings is 1. The minimum Gasteiger partial charge on any atom is -0.345 e. The zero-order valence-electron chi connectivity index (χ0n) is 14.0. The summed E-state index contributed by atoms with van der Waals surface area (Å²) in [5, 5.41) is 1.09. The van der Waals surface area contributed by atoms with Gasteiger partial charge in [0.15, 0.2) is 5.13 Å². The van der Waals surface area contributed by atoms with Crippen molar-refractivity contribution in [3.05, 3.63) is 18.2 Å². The highest BCUT2D eigenvalue weighted by molar-refractivity contribution is 7.98. The Morgan fingerprint density at radius 2 is 1.96 bits per heavy atom. The van der Waals surface area contributed by atoms with E-state index in [2.05, 4.69) is 34.3 Å². The van der Waals surface area contributed by atoms with Crippen LogP contribution in [0.4, 0.5) is 5.13 Å². The van der Waals surface area contributed by atoms with E-state index in [0.717, 1.165) is 49.7 Å². The molecule has 1 saturated heterocycles. The molecule has 0 unspecified atom stereocenters. The summed E-state index contributed by atoms with van der Waals surface area (Å²) in [6, 6.07) is 6.47. The van der Waals surface area contributed by atoms with Crippen LogP contribution in [0.25, 0.3) is 10.2 Å². The smallest absolute Gasteiger partial charge is 0.225 e. The molecule has 2 aliphatic rings. The van der Waals surface area contributed by atoms with Gasteiger partial charge in [-0.2, -0.15) is 0 Å². The van der Waals surface area contributed by atoms with E-state index in [0.29, 0.717) is 11.8 Å². The fourth-order valence-electron chi connectivity index (χ4n) is 3.70. The lowest BCUT2D eigenvalue weighted by atomic mass is 10.1. The minimum atomic E-state index is 0.295. The van der Waals surface area contributed by atoms with E-state index in [9.17, 15) is 4.79 Å². The van der Waals surface area contributed by atoms with Gasteiger partial charge >= 0.3 is 0 Å². The number of hydrogen-bond donors (Lipinski definition) is 0. The summed E-state index contributed by atoms with van der Waals surface area (Å²) in [6.45, 7) is 3.46. The highest BCUT2D eigenvalue weighted by atomic mass is 32.2. The van der Waals surface area contributed by atoms with Crippen LogP contribution in [0.1, 0.15) is 25.7 Å². The number of carbonyl (C=O) groups excluding carboxylic acids is 1. The Labute approximate surface area is 151 Å². The van der Waals surface area contributed by atoms with Crippen molar-refractivity contribution in [2.75, 3.05) is 37.3 Å². The van der Waals surface area contributed by atoms with Crippen molar-refractivity contribution < 1.29 is 4.79 Å². The van der Waals surface area contributed by atoms with Crippen molar-refractivity contribution in [2.24, 2.45) is 5.92 Å². The highest BCUT2D eigenvalue weighted by Crippen LogP contribution is 2.32. The Hall–Kier alpha value is -1.27. The molecule has 1 saturated carbocycles. The monoisotopic (exact) mass is 361 g/mol. The molecule has 0 N–H and O–H groups in total. The second kappa shape index (κ2) is 6.92. The fourth-order valence-corrected chi connectivity index (χ4v) is 5.28. The average Bonchev–Trinajstić information content (AvgIpc) is 3.30. The molecule has 0 spiro atoms. The number of rotatable bonds is 3. The van der Waals surface area contributed by atoms with Gasteiger partial charge in [-0.05, 0) is 37.3 Å². The first-order chi connectivity index (χ1) is 11.7. The molecule has 2 aromatic rings. The highest BCUT2D eigenvalue weighted by Gasteiger charge is 2.30. The maximum atomic E-state index is 12.5. The molecular formula is C18H23N3OS2. The first-order valence-corrected chi connectivity index (χ1v) is 10.8. The maximum Gasteiger partial charge on any atom is 0.225 e. The number of anilines is 1. The van der Waals surface area contributed by atoms with E-state index in [-0.39, 0.29) is 0 Å². The van der Waals surface area contributed by atoms with E-state index in [1.54, 1.807) is 23.1 Å². The van der Waals surface area contributed by atoms with Crippen LogP contribution in [-0.4, -0.2) is 48.2 Å². The molecule has 6 heteroatoms. The van der Waals surface area contributed by atoms with Gasteiger partial charge in [-0.15, -0.1) is 11.8 Å². The Morgan fingerprint density at radius 3 is 2.67 bits per heavy atom. The first kappa shape index (κ1) is 16.2. The molecule has 2 heterocycles. The lowest BCUT2D eigenvalue weighted by molar-refractivity contribution is -0.135. The Kier molecular flexibility index (Phi) is 4.68. The van der Waals surface area contributed by atoms with E-state index in [4.69, 9.17) is 4.98 Å². The van der Waals surface area contributed by atoms with E-state index < -0.39 is 0 Å². The Bertz CT molecular complexity index is 731. The molecule has 4 nitrogen and oxygen atoms in total. The van der Waals surface area contributed by atoms with Gasteiger partial charge in [0.2, 0.25) is 5.91 Å². The predicted octanol–water partition coefficient (Wildman–Crippen LogP) is 3.86. The number of aromatic nitrogens is 1. The van der Waals surface area contributed by atoms with Gasteiger partial charge in [0.1, 0.15) is 0 Å². The summed E-state index contributed by atoms with van der Waals surface area (Å²) in [6.07, 6.45) is 6.73. The Balaban J connectivity index is 1.42. The van der Waals surface area contributed by atoms with Crippen molar-refractivity contribution in [2.45, 2.75) is 30.6 Å². The van der Waals surface area contributed by atoms with Crippen LogP contribution in [0.2, 0.25) is 0 Å². The second-order valence-electron chi connectivity index (χ2n) is 6.62. The quantitative estimate of drug-likeness (QED) is 0.778. The average molecular weight is 362 g/mol. The zero-order valence-corrected chi connectivity index (χ0v) is 15.7. The van der Waals surface area contributed by atoms with Crippen molar-refractivity contribution in [3.63, 3.8) is 0 Å². The van der Waals surface area contributed by atoms with E-state index >= 15 is 0 Å². The first-order valence-electron chi connectivity index (χ1n) is 8.73. The van der Waals surface area contributed by atoms with Crippen LogP contribution in [-0.2, 0) is 4.79 Å². The molecule has 0 radical (unpaired) electrons. The van der Waals surface area contributed by atoms with Crippen LogP contribution < -0.4 is 4.90 Å². The second-order valence-corrected chi connectivity index (χ2v) is 8.51. The number of amides is 1. The van der Waals surface area contributed by atoms with Crippen molar-refractivity contribution >= 4 is 44.4 Å². The molecular weight excluding hydrogens is 338 g/mol. The number of piperazine rings is 1. The standard InChI is InChI=1S/C18H23N3OS2/c1-23-14-6-7-15-16(12-14)24-18(19-15)21-10-8-20(9-11-21)17(22)13-4-2-3-5-13/h6-7,12-13H,2-5,8-11H2,1H3. The van der Waals surface area contributed by atoms with Crippen LogP contribution in [0.5, 0.6) is 0 Å². The zero-order chi connectivity index (χ0) is 16.5. The van der Waals surface area contributed by atoms with Gasteiger partial charge in [0, 0.05) is 37.0 Å². The molecule has 1 aliphatic heterocycles. The summed E-state index contributed by atoms with van der Waals surface area (Å²) in [5.74, 6) is 0.685. The van der Waals surface area contributed by atoms with Gasteiger partial charge in [-0.3, -0.25) is 4.79 Å². The van der Waals surface area contributed by atoms with Crippen molar-refractivity contribution in [1.29, 1.82) is 0 Å². The van der Waals surface area contributed by atoms with Crippen LogP contribution >= 0.6 is 23.1 Å². The van der Waals surface area contributed by atoms with Crippen LogP contribution in [0, 0.1) is 5.92 Å². The van der Waals surface area contributed by atoms with Gasteiger partial charge in [-0.1, -0.05) is 24.2 Å². The van der Waals surface area contributed by atoms with Gasteiger partial charge < -0.3 is 9.80 Å². The summed E-state index contributed by atoms with van der Waals surface area (Å²) in [4.78, 5) is 23.0. The van der Waals surface area contributed by atoms with Crippen LogP contribution in [0.15, 0.2) is 23.1 Å². The number of hydrogen-bond acceptors (Lipinski definition) is 5. The van der Waals surface area contributed by atoms with E-state index in [1.165, 1.54) is 22.4 Å². The van der Waals surface area contributed by atoms with Crippen molar-refractivity contribution in [3.8, 4) is 0 Å². The molecule has 1 aromatic heterocycles. The molecule has 0 atom stereocenters. The number of fused-ring (bicyclic) bond motifs is 1. The molecule has 128 valence electrons. The lowest BCUT2D eigenvalue weighted by Crippen LogP contribution is -2.50. The van der Waals surface area contributed by atoms with Gasteiger partial charge in [-0.25, -0.2) is 4.98 Å². The fraction of sp³-hybridized carbons (Fsp3) is 0.556. The third-order valence-electron chi connectivity index (χ3n) is 5.15. The topological polar surface area (TPSA) is 36.4 Å². The van der Waals surface area contributed by atoms with Gasteiger partial charge in [0.25, 0.3) is 0 Å². The largest absolute Gasteiger partial charge is 0.345 e. The molecule has 1 aliphatic carbocycles. The lowest BCUT2D eigenvalue weighted by Gasteiger charge is -2.35. The number of thiazole rings is 1.